The molecule has 0 N–H and O–H groups in total. The van der Waals surface area contributed by atoms with Crippen LogP contribution in [0.1, 0.15) is 37.6 Å². The van der Waals surface area contributed by atoms with Crippen molar-refractivity contribution in [1.82, 2.24) is 0 Å². The van der Waals surface area contributed by atoms with Gasteiger partial charge in [0.25, 0.3) is 0 Å². The second kappa shape index (κ2) is 6.06. The van der Waals surface area contributed by atoms with Gasteiger partial charge in [0.2, 0.25) is 0 Å². The third kappa shape index (κ3) is 3.74. The van der Waals surface area contributed by atoms with Crippen LogP contribution in [0.25, 0.3) is 0 Å². The van der Waals surface area contributed by atoms with E-state index in [1.54, 1.807) is 12.1 Å². The molecule has 1 atom stereocenters. The van der Waals surface area contributed by atoms with Gasteiger partial charge in [0.1, 0.15) is 0 Å². The summed E-state index contributed by atoms with van der Waals surface area (Å²) >= 11 is 5.99. The highest BCUT2D eigenvalue weighted by molar-refractivity contribution is 6.31. The minimum atomic E-state index is 0.382. The normalized spacial score (nSPS) is 12.6. The van der Waals surface area contributed by atoms with Crippen LogP contribution in [0.2, 0.25) is 5.02 Å². The predicted octanol–water partition coefficient (Wildman–Crippen LogP) is 4.02. The summed E-state index contributed by atoms with van der Waals surface area (Å²) in [5.74, 6) is 0.631. The molecular weight excluding hydrogens is 234 g/mol. The lowest BCUT2D eigenvalue weighted by molar-refractivity contribution is 0.112. The summed E-state index contributed by atoms with van der Waals surface area (Å²) in [5, 5.41) is 0.661. The van der Waals surface area contributed by atoms with Gasteiger partial charge in [0, 0.05) is 29.4 Å². The van der Waals surface area contributed by atoms with Gasteiger partial charge in [0.15, 0.2) is 6.29 Å². The summed E-state index contributed by atoms with van der Waals surface area (Å²) in [6, 6.07) is 5.74. The molecule has 1 unspecified atom stereocenters. The topological polar surface area (TPSA) is 20.3 Å². The molecule has 0 radical (unpaired) electrons. The van der Waals surface area contributed by atoms with E-state index in [9.17, 15) is 4.79 Å². The molecule has 3 heteroatoms. The van der Waals surface area contributed by atoms with E-state index < -0.39 is 0 Å². The maximum Gasteiger partial charge on any atom is 0.152 e. The first-order valence-corrected chi connectivity index (χ1v) is 6.31. The van der Waals surface area contributed by atoms with Crippen LogP contribution in [0.15, 0.2) is 18.2 Å². The summed E-state index contributed by atoms with van der Waals surface area (Å²) in [4.78, 5) is 13.1. The van der Waals surface area contributed by atoms with Crippen LogP contribution in [-0.4, -0.2) is 19.4 Å². The fourth-order valence-electron chi connectivity index (χ4n) is 2.00. The van der Waals surface area contributed by atoms with Crippen molar-refractivity contribution in [3.63, 3.8) is 0 Å². The fourth-order valence-corrected chi connectivity index (χ4v) is 2.17. The molecule has 1 rings (SSSR count). The number of anilines is 1. The molecule has 0 saturated heterocycles. The number of aldehydes is 1. The van der Waals surface area contributed by atoms with Crippen LogP contribution in [-0.2, 0) is 0 Å². The van der Waals surface area contributed by atoms with Crippen LogP contribution >= 0.6 is 11.6 Å². The molecule has 94 valence electrons. The lowest BCUT2D eigenvalue weighted by Gasteiger charge is -2.29. The van der Waals surface area contributed by atoms with E-state index in [1.165, 1.54) is 0 Å². The molecule has 0 heterocycles. The Kier molecular flexibility index (Phi) is 5.01. The Balaban J connectivity index is 2.97. The summed E-state index contributed by atoms with van der Waals surface area (Å²) in [6.45, 7) is 6.56. The van der Waals surface area contributed by atoms with Crippen LogP contribution in [0.5, 0.6) is 0 Å². The lowest BCUT2D eigenvalue weighted by atomic mass is 10.0. The first kappa shape index (κ1) is 14.0. The summed E-state index contributed by atoms with van der Waals surface area (Å²) in [6.07, 6.45) is 1.96. The Morgan fingerprint density at radius 1 is 1.35 bits per heavy atom. The number of benzene rings is 1. The predicted molar refractivity (Wildman–Crippen MR) is 74.2 cm³/mol. The van der Waals surface area contributed by atoms with E-state index in [-0.39, 0.29) is 0 Å². The minimum Gasteiger partial charge on any atom is -0.371 e. The van der Waals surface area contributed by atoms with E-state index in [4.69, 9.17) is 11.6 Å². The van der Waals surface area contributed by atoms with Crippen LogP contribution in [0.3, 0.4) is 0 Å². The number of hydrogen-bond acceptors (Lipinski definition) is 2. The van der Waals surface area contributed by atoms with Crippen LogP contribution in [0.4, 0.5) is 5.69 Å². The number of nitrogens with zero attached hydrogens (tertiary/aromatic N) is 1. The van der Waals surface area contributed by atoms with Gasteiger partial charge in [-0.2, -0.15) is 0 Å². The maximum absolute atomic E-state index is 11.0. The van der Waals surface area contributed by atoms with Gasteiger partial charge in [0.05, 0.1) is 0 Å². The van der Waals surface area contributed by atoms with E-state index in [0.717, 1.165) is 18.4 Å². The number of rotatable bonds is 5. The van der Waals surface area contributed by atoms with Gasteiger partial charge >= 0.3 is 0 Å². The zero-order chi connectivity index (χ0) is 13.0. The first-order valence-electron chi connectivity index (χ1n) is 5.93. The van der Waals surface area contributed by atoms with Gasteiger partial charge < -0.3 is 4.90 Å². The SMILES string of the molecule is CC(C)CC(C)N(C)c1cc(Cl)ccc1C=O. The molecule has 0 aliphatic heterocycles. The van der Waals surface area contributed by atoms with E-state index in [0.29, 0.717) is 22.5 Å². The average Bonchev–Trinajstić information content (AvgIpc) is 2.27. The van der Waals surface area contributed by atoms with Crippen molar-refractivity contribution < 1.29 is 4.79 Å². The fraction of sp³-hybridized carbons (Fsp3) is 0.500. The van der Waals surface area contributed by atoms with Crippen molar-refractivity contribution in [3.8, 4) is 0 Å². The monoisotopic (exact) mass is 253 g/mol. The number of halogens is 1. The molecule has 1 aromatic rings. The zero-order valence-electron chi connectivity index (χ0n) is 10.9. The van der Waals surface area contributed by atoms with Gasteiger partial charge in [-0.05, 0) is 37.5 Å². The molecule has 0 fully saturated rings. The van der Waals surface area contributed by atoms with Crippen LogP contribution in [0, 0.1) is 5.92 Å². The molecule has 17 heavy (non-hydrogen) atoms. The number of carbonyl (C=O) groups is 1. The first-order chi connectivity index (χ1) is 7.95. The molecule has 0 saturated carbocycles. The third-order valence-corrected chi connectivity index (χ3v) is 3.21. The molecule has 2 nitrogen and oxygen atoms in total. The molecule has 0 spiro atoms. The van der Waals surface area contributed by atoms with E-state index in [2.05, 4.69) is 25.7 Å². The van der Waals surface area contributed by atoms with E-state index in [1.807, 2.05) is 13.1 Å². The Bertz CT molecular complexity index is 390. The molecule has 0 aliphatic rings. The van der Waals surface area contributed by atoms with Crippen molar-refractivity contribution in [3.05, 3.63) is 28.8 Å². The van der Waals surface area contributed by atoms with Crippen molar-refractivity contribution >= 4 is 23.6 Å². The summed E-state index contributed by atoms with van der Waals surface area (Å²) in [7, 11) is 2.01. The largest absolute Gasteiger partial charge is 0.371 e. The Labute approximate surface area is 109 Å². The minimum absolute atomic E-state index is 0.382. The van der Waals surface area contributed by atoms with Gasteiger partial charge in [-0.3, -0.25) is 4.79 Å². The van der Waals surface area contributed by atoms with Crippen molar-refractivity contribution in [2.24, 2.45) is 5.92 Å². The second-order valence-electron chi connectivity index (χ2n) is 4.91. The third-order valence-electron chi connectivity index (χ3n) is 2.97. The highest BCUT2D eigenvalue weighted by Gasteiger charge is 2.15. The summed E-state index contributed by atoms with van der Waals surface area (Å²) < 4.78 is 0. The molecule has 0 amide bonds. The highest BCUT2D eigenvalue weighted by atomic mass is 35.5. The molecular formula is C14H20ClNO. The zero-order valence-corrected chi connectivity index (χ0v) is 11.7. The Morgan fingerprint density at radius 3 is 2.53 bits per heavy atom. The standard InChI is InChI=1S/C14H20ClNO/c1-10(2)7-11(3)16(4)14-8-13(15)6-5-12(14)9-17/h5-6,8-11H,7H2,1-4H3. The summed E-state index contributed by atoms with van der Waals surface area (Å²) in [5.41, 5.74) is 1.59. The second-order valence-corrected chi connectivity index (χ2v) is 5.35. The number of carbonyl (C=O) groups excluding carboxylic acids is 1. The molecule has 1 aromatic carbocycles. The highest BCUT2D eigenvalue weighted by Crippen LogP contribution is 2.25. The van der Waals surface area contributed by atoms with Gasteiger partial charge in [-0.15, -0.1) is 0 Å². The van der Waals surface area contributed by atoms with Crippen molar-refractivity contribution in [1.29, 1.82) is 0 Å². The molecule has 0 aromatic heterocycles. The number of hydrogen-bond donors (Lipinski definition) is 0. The van der Waals surface area contributed by atoms with Crippen molar-refractivity contribution in [2.75, 3.05) is 11.9 Å². The van der Waals surface area contributed by atoms with Gasteiger partial charge in [-0.1, -0.05) is 25.4 Å². The van der Waals surface area contributed by atoms with Gasteiger partial charge in [-0.25, -0.2) is 0 Å². The lowest BCUT2D eigenvalue weighted by Crippen LogP contribution is -2.30. The smallest absolute Gasteiger partial charge is 0.152 e. The Hall–Kier alpha value is -1.02. The average molecular weight is 254 g/mol. The Morgan fingerprint density at radius 2 is 2.00 bits per heavy atom. The maximum atomic E-state index is 11.0. The quantitative estimate of drug-likeness (QED) is 0.739. The van der Waals surface area contributed by atoms with Crippen molar-refractivity contribution in [2.45, 2.75) is 33.2 Å². The molecule has 0 aliphatic carbocycles. The van der Waals surface area contributed by atoms with E-state index >= 15 is 0 Å². The molecule has 0 bridgehead atoms. The van der Waals surface area contributed by atoms with Crippen LogP contribution < -0.4 is 4.90 Å².